The lowest BCUT2D eigenvalue weighted by molar-refractivity contribution is 0.330. The van der Waals surface area contributed by atoms with Crippen LogP contribution >= 0.6 is 11.6 Å². The van der Waals surface area contributed by atoms with E-state index in [-0.39, 0.29) is 0 Å². The number of fused-ring (bicyclic) bond motifs is 8. The summed E-state index contributed by atoms with van der Waals surface area (Å²) < 4.78 is 6.41. The van der Waals surface area contributed by atoms with Crippen molar-refractivity contribution >= 4 is 56.3 Å². The Labute approximate surface area is 331 Å². The fourth-order valence-corrected chi connectivity index (χ4v) is 8.06. The summed E-state index contributed by atoms with van der Waals surface area (Å²) in [5.74, 6) is 0.489. The zero-order valence-electron chi connectivity index (χ0n) is 32.1. The van der Waals surface area contributed by atoms with Gasteiger partial charge in [-0.3, -0.25) is 0 Å². The molecular formula is C50H42ClN4O+. The van der Waals surface area contributed by atoms with Crippen molar-refractivity contribution < 1.29 is 4.74 Å². The lowest BCUT2D eigenvalue weighted by atomic mass is 9.98. The van der Waals surface area contributed by atoms with Gasteiger partial charge in [0.15, 0.2) is 0 Å². The predicted molar refractivity (Wildman–Crippen MR) is 236 cm³/mol. The molecule has 0 saturated carbocycles. The average Bonchev–Trinajstić information content (AvgIpc) is 4.03. The molecule has 0 fully saturated rings. The van der Waals surface area contributed by atoms with Crippen molar-refractivity contribution in [3.63, 3.8) is 0 Å². The number of aryl methyl sites for hydroxylation is 4. The minimum absolute atomic E-state index is 0.429. The summed E-state index contributed by atoms with van der Waals surface area (Å²) in [4.78, 5) is 16.8. The van der Waals surface area contributed by atoms with Gasteiger partial charge in [0, 0.05) is 52.0 Å². The second-order valence-corrected chi connectivity index (χ2v) is 15.1. The van der Waals surface area contributed by atoms with E-state index in [0.29, 0.717) is 23.2 Å². The fraction of sp³-hybridized carbons (Fsp3) is 0.120. The van der Waals surface area contributed by atoms with Crippen molar-refractivity contribution in [2.75, 3.05) is 6.61 Å². The quantitative estimate of drug-likeness (QED) is 0.151. The number of hydrogen-bond donors (Lipinski definition) is 3. The Bertz CT molecular complexity index is 2940. The van der Waals surface area contributed by atoms with Gasteiger partial charge in [0.25, 0.3) is 0 Å². The number of benzene rings is 4. The summed E-state index contributed by atoms with van der Waals surface area (Å²) in [6.07, 6.45) is 0. The first kappa shape index (κ1) is 35.3. The molecule has 4 aromatic carbocycles. The Kier molecular flexibility index (Phi) is 9.03. The maximum Gasteiger partial charge on any atom is 0.223 e. The molecule has 0 saturated heterocycles. The van der Waals surface area contributed by atoms with E-state index in [9.17, 15) is 0 Å². The van der Waals surface area contributed by atoms with Crippen LogP contribution in [-0.4, -0.2) is 27.5 Å². The van der Waals surface area contributed by atoms with Crippen molar-refractivity contribution in [3.8, 4) is 44.5 Å². The Balaban J connectivity index is 1.52. The first-order valence-corrected chi connectivity index (χ1v) is 19.5. The van der Waals surface area contributed by atoms with E-state index in [2.05, 4.69) is 176 Å². The van der Waals surface area contributed by atoms with Gasteiger partial charge in [-0.05, 0) is 93.3 Å². The Morgan fingerprint density at radius 3 is 1.41 bits per heavy atom. The number of aromatic nitrogens is 3. The Morgan fingerprint density at radius 2 is 0.893 bits per heavy atom. The minimum atomic E-state index is 0.429. The molecule has 4 aromatic heterocycles. The second kappa shape index (κ2) is 14.3. The Hall–Kier alpha value is -6.43. The molecule has 0 amide bonds. The summed E-state index contributed by atoms with van der Waals surface area (Å²) in [6.45, 7) is 10.8. The third-order valence-electron chi connectivity index (χ3n) is 10.7. The summed E-state index contributed by atoms with van der Waals surface area (Å²) in [6, 6.07) is 47.5. The highest BCUT2D eigenvalue weighted by atomic mass is 35.5. The fourth-order valence-electron chi connectivity index (χ4n) is 7.75. The van der Waals surface area contributed by atoms with E-state index in [1.54, 1.807) is 0 Å². The van der Waals surface area contributed by atoms with Crippen molar-refractivity contribution in [1.29, 1.82) is 0 Å². The van der Waals surface area contributed by atoms with Gasteiger partial charge in [0.2, 0.25) is 5.90 Å². The molecule has 5 heterocycles. The zero-order valence-corrected chi connectivity index (χ0v) is 32.9. The van der Waals surface area contributed by atoms with Crippen LogP contribution in [0.4, 0.5) is 5.69 Å². The Morgan fingerprint density at radius 1 is 0.482 bits per heavy atom. The van der Waals surface area contributed by atoms with Gasteiger partial charge in [0.05, 0.1) is 39.5 Å². The third kappa shape index (κ3) is 6.34. The number of aliphatic imine (C=N–C) groups is 1. The number of ether oxygens (including phenoxy) is 1. The van der Waals surface area contributed by atoms with Crippen LogP contribution in [0, 0.1) is 27.7 Å². The van der Waals surface area contributed by atoms with Gasteiger partial charge in [-0.25, -0.2) is 4.99 Å². The van der Waals surface area contributed by atoms with E-state index >= 15 is 0 Å². The number of nitrogens with one attached hydrogen (secondary N) is 3. The number of halogens is 1. The molecule has 0 unspecified atom stereocenters. The molecule has 0 radical (unpaired) electrons. The molecule has 6 heteroatoms. The lowest BCUT2D eigenvalue weighted by Crippen LogP contribution is -2.05. The average molecular weight is 750 g/mol. The molecule has 274 valence electrons. The molecule has 3 N–H and O–H groups in total. The van der Waals surface area contributed by atoms with Crippen LogP contribution in [0.1, 0.15) is 34.7 Å². The smallest absolute Gasteiger partial charge is 0.223 e. The van der Waals surface area contributed by atoms with Gasteiger partial charge in [-0.1, -0.05) is 101 Å². The minimum Gasteiger partial charge on any atom is -0.477 e. The van der Waals surface area contributed by atoms with E-state index in [1.807, 2.05) is 6.92 Å². The van der Waals surface area contributed by atoms with Crippen LogP contribution in [0.2, 0.25) is 5.02 Å². The lowest BCUT2D eigenvalue weighted by Gasteiger charge is -2.10. The van der Waals surface area contributed by atoms with Gasteiger partial charge < -0.3 is 19.7 Å². The standard InChI is InChI=1S/C50H42ClN4O/c1-6-56-50-47-45(35-19-11-31(4)12-20-35)41-27-25-39(53-41)43(33-15-7-29(2)8-16-33)37-23-24-38(52-37)44(34-17-9-30(3)10-18-34)40-26-28-42(54-40)46(49(55-50)48(47)51)36-21-13-32(5)14-22-36/h7-28,52-54H,6H2,1-5H3/q+1. The maximum absolute atomic E-state index is 7.72. The van der Waals surface area contributed by atoms with Crippen LogP contribution in [0.25, 0.3) is 77.6 Å². The van der Waals surface area contributed by atoms with Crippen molar-refractivity contribution in [1.82, 2.24) is 15.0 Å². The van der Waals surface area contributed by atoms with Gasteiger partial charge in [-0.2, -0.15) is 0 Å². The van der Waals surface area contributed by atoms with E-state index in [0.717, 1.165) is 83.2 Å². The normalized spacial score (nSPS) is 11.9. The molecule has 0 atom stereocenters. The van der Waals surface area contributed by atoms with Crippen molar-refractivity contribution in [2.24, 2.45) is 4.99 Å². The van der Waals surface area contributed by atoms with Crippen LogP contribution in [0.5, 0.6) is 0 Å². The van der Waals surface area contributed by atoms with Gasteiger partial charge in [-0.15, -0.1) is 0 Å². The largest absolute Gasteiger partial charge is 0.477 e. The van der Waals surface area contributed by atoms with Gasteiger partial charge in [0.1, 0.15) is 16.6 Å². The van der Waals surface area contributed by atoms with E-state index in [4.69, 9.17) is 21.3 Å². The molecule has 8 bridgehead atoms. The highest BCUT2D eigenvalue weighted by Crippen LogP contribution is 2.47. The van der Waals surface area contributed by atoms with Crippen LogP contribution < -0.4 is 0 Å². The highest BCUT2D eigenvalue weighted by Gasteiger charge is 2.28. The molecule has 0 spiro atoms. The number of rotatable bonds is 5. The third-order valence-corrected chi connectivity index (χ3v) is 11.0. The molecule has 1 aliphatic rings. The molecule has 9 rings (SSSR count). The maximum atomic E-state index is 7.72. The molecule has 8 aromatic rings. The summed E-state index contributed by atoms with van der Waals surface area (Å²) in [5, 5.41) is 0.525. The summed E-state index contributed by atoms with van der Waals surface area (Å²) >= 11 is 7.72. The second-order valence-electron chi connectivity index (χ2n) is 14.7. The van der Waals surface area contributed by atoms with E-state index < -0.39 is 0 Å². The monoisotopic (exact) mass is 749 g/mol. The topological polar surface area (TPSA) is 69.0 Å². The van der Waals surface area contributed by atoms with Gasteiger partial charge >= 0.3 is 0 Å². The first-order chi connectivity index (χ1) is 27.2. The number of aromatic amines is 3. The molecule has 5 nitrogen and oxygen atoms in total. The number of H-pyrrole nitrogens is 3. The zero-order chi connectivity index (χ0) is 38.5. The molecule has 56 heavy (non-hydrogen) atoms. The predicted octanol–water partition coefficient (Wildman–Crippen LogP) is 14.1. The molecule has 1 aliphatic heterocycles. The van der Waals surface area contributed by atoms with Crippen LogP contribution in [0.3, 0.4) is 0 Å². The summed E-state index contributed by atoms with van der Waals surface area (Å²) in [5.41, 5.74) is 20.0. The number of nitrogens with zero attached hydrogens (tertiary/aromatic N) is 1. The molecular weight excluding hydrogens is 708 g/mol. The van der Waals surface area contributed by atoms with E-state index in [1.165, 1.54) is 22.3 Å². The first-order valence-electron chi connectivity index (χ1n) is 19.1. The SMILES string of the molecule is CCOC1=Nc2c(Cl)c1c(-c1ccc(C)cc1)c1ccc([nH]1)c(-c1ccc(C)cc1)c1ccc([nH]1)[c+](-c1ccc(C)cc1)c1ccc([nH]1)c2-c1ccc(C)cc1. The number of hydrogen-bond acceptors (Lipinski definition) is 2. The summed E-state index contributed by atoms with van der Waals surface area (Å²) in [7, 11) is 0. The van der Waals surface area contributed by atoms with Crippen LogP contribution in [-0.2, 0) is 4.74 Å². The molecule has 0 aliphatic carbocycles. The van der Waals surface area contributed by atoms with Crippen molar-refractivity contribution in [2.45, 2.75) is 34.6 Å². The van der Waals surface area contributed by atoms with Crippen LogP contribution in [0.15, 0.2) is 138 Å². The highest BCUT2D eigenvalue weighted by molar-refractivity contribution is 6.40. The van der Waals surface area contributed by atoms with Crippen molar-refractivity contribution in [3.05, 3.63) is 166 Å².